The molecule has 0 heterocycles. The Morgan fingerprint density at radius 2 is 0.566 bits per heavy atom. The van der Waals surface area contributed by atoms with Crippen LogP contribution in [-0.2, 0) is 19.1 Å². The van der Waals surface area contributed by atoms with Gasteiger partial charge in [0.15, 0.2) is 6.10 Å². The maximum absolute atomic E-state index is 12.3. The standard InChI is InChI=1S/C71H116O5/c1-3-5-7-9-11-13-15-17-19-21-23-25-26-27-28-29-30-31-32-33-34-35-36-37-38-39-40-41-42-43-44-46-48-50-52-54-56-58-60-62-64-66-71(74)76-69(67-72)68-75-70(73)65-63-61-59-57-55-53-51-49-47-45-24-22-20-18-16-14-12-10-8-6-4-2/h5,7,11,13,17,19,22-25,27-28,30-31,33-34,36-37,39-40,42-43,46,48,69,72H,3-4,6,8-10,12,14-16,18,20-21,26,29,32,35,38,41,44-45,47,49-68H2,1-2H3/b7-5-,13-11-,19-17-,24-22-,25-23-,28-27-,31-30-,34-33-,37-36-,40-39-,43-42-,48-46-. The molecular weight excluding hydrogens is 933 g/mol. The van der Waals surface area contributed by atoms with E-state index in [2.05, 4.69) is 160 Å². The fourth-order valence-corrected chi connectivity index (χ4v) is 8.44. The van der Waals surface area contributed by atoms with Crippen LogP contribution >= 0.6 is 0 Å². The van der Waals surface area contributed by atoms with Crippen molar-refractivity contribution in [2.45, 2.75) is 277 Å². The van der Waals surface area contributed by atoms with Gasteiger partial charge < -0.3 is 14.6 Å². The van der Waals surface area contributed by atoms with E-state index in [9.17, 15) is 14.7 Å². The number of aliphatic hydroxyl groups is 1. The maximum Gasteiger partial charge on any atom is 0.306 e. The van der Waals surface area contributed by atoms with Gasteiger partial charge in [-0.3, -0.25) is 9.59 Å². The molecule has 1 N–H and O–H groups in total. The number of rotatable bonds is 56. The third kappa shape index (κ3) is 62.3. The number of esters is 2. The van der Waals surface area contributed by atoms with E-state index in [0.29, 0.717) is 12.8 Å². The monoisotopic (exact) mass is 1050 g/mol. The first-order valence-corrected chi connectivity index (χ1v) is 31.4. The summed E-state index contributed by atoms with van der Waals surface area (Å²) in [5, 5.41) is 9.67. The predicted molar refractivity (Wildman–Crippen MR) is 334 cm³/mol. The minimum atomic E-state index is -0.789. The Hall–Kier alpha value is -4.22. The van der Waals surface area contributed by atoms with E-state index in [4.69, 9.17) is 9.47 Å². The molecule has 0 aromatic carbocycles. The molecule has 0 aromatic heterocycles. The zero-order chi connectivity index (χ0) is 54.8. The molecule has 0 aliphatic heterocycles. The van der Waals surface area contributed by atoms with E-state index in [-0.39, 0.29) is 25.2 Å². The topological polar surface area (TPSA) is 72.8 Å². The lowest BCUT2D eigenvalue weighted by molar-refractivity contribution is -0.161. The maximum atomic E-state index is 12.3. The van der Waals surface area contributed by atoms with E-state index in [1.165, 1.54) is 128 Å². The Morgan fingerprint density at radius 3 is 0.868 bits per heavy atom. The Balaban J connectivity index is 3.61. The number of hydrogen-bond acceptors (Lipinski definition) is 5. The molecule has 0 radical (unpaired) electrons. The minimum Gasteiger partial charge on any atom is -0.462 e. The van der Waals surface area contributed by atoms with Gasteiger partial charge in [-0.1, -0.05) is 282 Å². The molecule has 0 amide bonds. The molecular formula is C71H116O5. The second kappa shape index (κ2) is 65.1. The highest BCUT2D eigenvalue weighted by Crippen LogP contribution is 2.15. The highest BCUT2D eigenvalue weighted by Gasteiger charge is 2.16. The van der Waals surface area contributed by atoms with Gasteiger partial charge in [-0.05, 0) is 122 Å². The molecule has 0 aromatic rings. The van der Waals surface area contributed by atoms with Crippen LogP contribution in [-0.4, -0.2) is 36.4 Å². The summed E-state index contributed by atoms with van der Waals surface area (Å²) in [5.74, 6) is -0.609. The normalized spacial score (nSPS) is 13.2. The number of aliphatic hydroxyl groups excluding tert-OH is 1. The van der Waals surface area contributed by atoms with Gasteiger partial charge in [0.25, 0.3) is 0 Å². The van der Waals surface area contributed by atoms with E-state index >= 15 is 0 Å². The average Bonchev–Trinajstić information content (AvgIpc) is 3.42. The van der Waals surface area contributed by atoms with Crippen molar-refractivity contribution in [3.8, 4) is 0 Å². The van der Waals surface area contributed by atoms with E-state index in [1.54, 1.807) is 0 Å². The summed E-state index contributed by atoms with van der Waals surface area (Å²) in [6.45, 7) is 4.02. The third-order valence-corrected chi connectivity index (χ3v) is 13.1. The van der Waals surface area contributed by atoms with Gasteiger partial charge in [-0.15, -0.1) is 0 Å². The Labute approximate surface area is 469 Å². The summed E-state index contributed by atoms with van der Waals surface area (Å²) >= 11 is 0. The predicted octanol–water partition coefficient (Wildman–Crippen LogP) is 21.8. The van der Waals surface area contributed by atoms with Crippen LogP contribution in [0.25, 0.3) is 0 Å². The summed E-state index contributed by atoms with van der Waals surface area (Å²) in [5.41, 5.74) is 0. The highest BCUT2D eigenvalue weighted by atomic mass is 16.6. The molecule has 1 atom stereocenters. The van der Waals surface area contributed by atoms with Gasteiger partial charge in [-0.2, -0.15) is 0 Å². The van der Waals surface area contributed by atoms with Crippen LogP contribution in [0.3, 0.4) is 0 Å². The van der Waals surface area contributed by atoms with Crippen molar-refractivity contribution in [3.63, 3.8) is 0 Å². The molecule has 0 saturated heterocycles. The molecule has 5 heteroatoms. The van der Waals surface area contributed by atoms with Gasteiger partial charge in [-0.25, -0.2) is 0 Å². The quantitative estimate of drug-likeness (QED) is 0.0373. The highest BCUT2D eigenvalue weighted by molar-refractivity contribution is 5.70. The second-order valence-electron chi connectivity index (χ2n) is 20.4. The Morgan fingerprint density at radius 1 is 0.316 bits per heavy atom. The molecule has 0 rings (SSSR count). The van der Waals surface area contributed by atoms with Crippen LogP contribution in [0.1, 0.15) is 271 Å². The van der Waals surface area contributed by atoms with E-state index < -0.39 is 6.10 Å². The second-order valence-corrected chi connectivity index (χ2v) is 20.4. The largest absolute Gasteiger partial charge is 0.462 e. The van der Waals surface area contributed by atoms with E-state index in [0.717, 1.165) is 116 Å². The summed E-state index contributed by atoms with van der Waals surface area (Å²) in [4.78, 5) is 24.6. The first-order valence-electron chi connectivity index (χ1n) is 31.4. The lowest BCUT2D eigenvalue weighted by atomic mass is 10.1. The molecule has 76 heavy (non-hydrogen) atoms. The fraction of sp³-hybridized carbons (Fsp3) is 0.634. The van der Waals surface area contributed by atoms with Crippen LogP contribution in [0.4, 0.5) is 0 Å². The van der Waals surface area contributed by atoms with Crippen molar-refractivity contribution in [1.82, 2.24) is 0 Å². The molecule has 430 valence electrons. The lowest BCUT2D eigenvalue weighted by Crippen LogP contribution is -2.28. The molecule has 0 aliphatic carbocycles. The summed E-state index contributed by atoms with van der Waals surface area (Å²) in [6.07, 6.45) is 98.3. The van der Waals surface area contributed by atoms with Crippen LogP contribution < -0.4 is 0 Å². The molecule has 1 unspecified atom stereocenters. The molecule has 0 spiro atoms. The zero-order valence-electron chi connectivity index (χ0n) is 49.2. The van der Waals surface area contributed by atoms with E-state index in [1.807, 2.05) is 0 Å². The van der Waals surface area contributed by atoms with Crippen LogP contribution in [0.5, 0.6) is 0 Å². The minimum absolute atomic E-state index is 0.0780. The van der Waals surface area contributed by atoms with Crippen LogP contribution in [0.2, 0.25) is 0 Å². The third-order valence-electron chi connectivity index (χ3n) is 13.1. The van der Waals surface area contributed by atoms with Crippen LogP contribution in [0.15, 0.2) is 146 Å². The number of unbranched alkanes of at least 4 members (excludes halogenated alkanes) is 24. The SMILES string of the molecule is CC/C=C\C/C=C\C/C=C\C/C=C\C/C=C\C/C=C\C/C=C\C/C=C\C/C=C\C/C=C\C/C=C\CCCCCCCCCC(=O)OC(CO)COC(=O)CCCCCCCCCCC/C=C\CCCCCCCCCC. The molecule has 0 aliphatic rings. The van der Waals surface area contributed by atoms with Crippen molar-refractivity contribution in [1.29, 1.82) is 0 Å². The average molecular weight is 1050 g/mol. The Kier molecular flexibility index (Phi) is 61.5. The van der Waals surface area contributed by atoms with Crippen molar-refractivity contribution < 1.29 is 24.2 Å². The number of ether oxygens (including phenoxy) is 2. The van der Waals surface area contributed by atoms with Gasteiger partial charge in [0.1, 0.15) is 6.61 Å². The molecule has 0 bridgehead atoms. The van der Waals surface area contributed by atoms with Crippen LogP contribution in [0, 0.1) is 0 Å². The van der Waals surface area contributed by atoms with Crippen molar-refractivity contribution >= 4 is 11.9 Å². The van der Waals surface area contributed by atoms with Crippen molar-refractivity contribution in [2.75, 3.05) is 13.2 Å². The molecule has 0 saturated carbocycles. The van der Waals surface area contributed by atoms with Gasteiger partial charge in [0, 0.05) is 12.8 Å². The first-order chi connectivity index (χ1) is 37.6. The van der Waals surface area contributed by atoms with Gasteiger partial charge in [0.2, 0.25) is 0 Å². The number of carbonyl (C=O) groups excluding carboxylic acids is 2. The van der Waals surface area contributed by atoms with Crippen molar-refractivity contribution in [3.05, 3.63) is 146 Å². The summed E-state index contributed by atoms with van der Waals surface area (Å²) < 4.78 is 10.7. The molecule has 0 fully saturated rings. The lowest BCUT2D eigenvalue weighted by Gasteiger charge is -2.15. The fourth-order valence-electron chi connectivity index (χ4n) is 8.44. The van der Waals surface area contributed by atoms with Gasteiger partial charge in [0.05, 0.1) is 6.61 Å². The number of allylic oxidation sites excluding steroid dienone is 24. The van der Waals surface area contributed by atoms with Crippen molar-refractivity contribution in [2.24, 2.45) is 0 Å². The summed E-state index contributed by atoms with van der Waals surface area (Å²) in [7, 11) is 0. The smallest absolute Gasteiger partial charge is 0.306 e. The zero-order valence-corrected chi connectivity index (χ0v) is 49.2. The summed E-state index contributed by atoms with van der Waals surface area (Å²) in [6, 6.07) is 0. The number of carbonyl (C=O) groups is 2. The van der Waals surface area contributed by atoms with Gasteiger partial charge >= 0.3 is 11.9 Å². The first kappa shape index (κ1) is 71.8. The Bertz CT molecular complexity index is 1610. The molecule has 5 nitrogen and oxygen atoms in total. The number of hydrogen-bond donors (Lipinski definition) is 1.